The number of hydrogen-bond acceptors (Lipinski definition) is 5. The number of imide groups is 1. The highest BCUT2D eigenvalue weighted by molar-refractivity contribution is 6.31. The van der Waals surface area contributed by atoms with Crippen molar-refractivity contribution in [1.82, 2.24) is 4.90 Å². The zero-order valence-corrected chi connectivity index (χ0v) is 18.9. The molecule has 0 saturated heterocycles. The molecule has 0 N–H and O–H groups in total. The second-order valence-corrected chi connectivity index (χ2v) is 7.50. The molecule has 32 heavy (non-hydrogen) atoms. The van der Waals surface area contributed by atoms with Gasteiger partial charge in [0.1, 0.15) is 18.1 Å². The second-order valence-electron chi connectivity index (χ2n) is 7.09. The van der Waals surface area contributed by atoms with Crippen LogP contribution in [0, 0.1) is 6.92 Å². The number of nitrogens with zero attached hydrogens (tertiary/aromatic N) is 2. The maximum atomic E-state index is 13.3. The molecule has 2 amide bonds. The number of benzene rings is 2. The van der Waals surface area contributed by atoms with Crippen molar-refractivity contribution < 1.29 is 32.2 Å². The molecule has 0 spiro atoms. The van der Waals surface area contributed by atoms with E-state index in [0.29, 0.717) is 35.4 Å². The fourth-order valence-corrected chi connectivity index (χ4v) is 3.16. The Kier molecular flexibility index (Phi) is 8.51. The Morgan fingerprint density at radius 2 is 1.78 bits per heavy atom. The molecule has 0 radical (unpaired) electrons. The number of alkyl halides is 3. The van der Waals surface area contributed by atoms with E-state index in [0.717, 1.165) is 12.1 Å². The molecule has 0 bridgehead atoms. The quantitative estimate of drug-likeness (QED) is 0.490. The van der Waals surface area contributed by atoms with Gasteiger partial charge in [0.15, 0.2) is 0 Å². The Morgan fingerprint density at radius 3 is 2.34 bits per heavy atom. The number of likely N-dealkylation sites (N-methyl/N-ethyl adjacent to an activating group) is 1. The number of anilines is 1. The Hall–Kier alpha value is -2.78. The first-order valence-corrected chi connectivity index (χ1v) is 10.1. The van der Waals surface area contributed by atoms with Crippen LogP contribution in [0.5, 0.6) is 11.5 Å². The van der Waals surface area contributed by atoms with Gasteiger partial charge < -0.3 is 14.4 Å². The van der Waals surface area contributed by atoms with Crippen LogP contribution in [0.2, 0.25) is 5.02 Å². The zero-order valence-electron chi connectivity index (χ0n) is 18.1. The summed E-state index contributed by atoms with van der Waals surface area (Å²) in [7, 11) is 3.76. The van der Waals surface area contributed by atoms with E-state index in [2.05, 4.69) is 0 Å². The van der Waals surface area contributed by atoms with Crippen molar-refractivity contribution in [2.24, 2.45) is 0 Å². The van der Waals surface area contributed by atoms with Crippen molar-refractivity contribution in [3.05, 3.63) is 52.0 Å². The van der Waals surface area contributed by atoms with Crippen molar-refractivity contribution in [2.45, 2.75) is 20.0 Å². The molecule has 0 aromatic heterocycles. The zero-order chi connectivity index (χ0) is 24.1. The third-order valence-electron chi connectivity index (χ3n) is 4.54. The van der Waals surface area contributed by atoms with Crippen molar-refractivity contribution >= 4 is 29.6 Å². The lowest BCUT2D eigenvalue weighted by Gasteiger charge is -2.22. The van der Waals surface area contributed by atoms with Gasteiger partial charge in [-0.25, -0.2) is 4.90 Å². The fourth-order valence-electron chi connectivity index (χ4n) is 2.93. The van der Waals surface area contributed by atoms with Crippen LogP contribution >= 0.6 is 11.6 Å². The van der Waals surface area contributed by atoms with Crippen molar-refractivity contribution in [3.63, 3.8) is 0 Å². The molecule has 6 nitrogen and oxygen atoms in total. The van der Waals surface area contributed by atoms with Crippen LogP contribution < -0.4 is 14.4 Å². The summed E-state index contributed by atoms with van der Waals surface area (Å²) < 4.78 is 51.1. The van der Waals surface area contributed by atoms with Crippen LogP contribution in [0.25, 0.3) is 0 Å². The van der Waals surface area contributed by atoms with E-state index in [1.54, 1.807) is 19.9 Å². The monoisotopic (exact) mass is 472 g/mol. The maximum absolute atomic E-state index is 13.3. The molecule has 0 saturated carbocycles. The standard InChI is InChI=1S/C22H24ClF3N2O4/c1-5-31-19-9-8-18(32-11-10-27(3)4)14(2)20(19)21(30)28(13-29)15-6-7-17(23)16(12-15)22(24,25)26/h6-9,12-13H,5,10-11H2,1-4H3. The molecule has 0 aliphatic carbocycles. The van der Waals surface area contributed by atoms with E-state index in [-0.39, 0.29) is 30.0 Å². The number of ether oxygens (including phenoxy) is 2. The third-order valence-corrected chi connectivity index (χ3v) is 4.87. The van der Waals surface area contributed by atoms with Gasteiger partial charge in [0.05, 0.1) is 28.4 Å². The molecule has 2 aromatic carbocycles. The number of rotatable bonds is 9. The summed E-state index contributed by atoms with van der Waals surface area (Å²) in [5, 5.41) is -0.540. The number of halogens is 4. The normalized spacial score (nSPS) is 11.4. The van der Waals surface area contributed by atoms with Crippen LogP contribution in [0.1, 0.15) is 28.4 Å². The molecule has 0 aliphatic rings. The molecule has 0 aliphatic heterocycles. The van der Waals surface area contributed by atoms with E-state index in [1.807, 2.05) is 19.0 Å². The summed E-state index contributed by atoms with van der Waals surface area (Å²) in [5.41, 5.74) is -1.01. The summed E-state index contributed by atoms with van der Waals surface area (Å²) >= 11 is 5.66. The molecule has 2 aromatic rings. The lowest BCUT2D eigenvalue weighted by atomic mass is 10.0. The Balaban J connectivity index is 2.52. The number of amides is 2. The van der Waals surface area contributed by atoms with Crippen LogP contribution in [0.3, 0.4) is 0 Å². The summed E-state index contributed by atoms with van der Waals surface area (Å²) in [5.74, 6) is -0.266. The lowest BCUT2D eigenvalue weighted by molar-refractivity contribution is -0.137. The predicted molar refractivity (Wildman–Crippen MR) is 116 cm³/mol. The largest absolute Gasteiger partial charge is 0.493 e. The Labute approximate surface area is 189 Å². The molecule has 2 rings (SSSR count). The van der Waals surface area contributed by atoms with Gasteiger partial charge in [0, 0.05) is 12.1 Å². The van der Waals surface area contributed by atoms with Gasteiger partial charge in [-0.3, -0.25) is 9.59 Å². The van der Waals surface area contributed by atoms with Gasteiger partial charge in [-0.2, -0.15) is 13.2 Å². The minimum absolute atomic E-state index is 0.0183. The van der Waals surface area contributed by atoms with Crippen molar-refractivity contribution in [3.8, 4) is 11.5 Å². The minimum Gasteiger partial charge on any atom is -0.493 e. The van der Waals surface area contributed by atoms with E-state index >= 15 is 0 Å². The SMILES string of the molecule is CCOc1ccc(OCCN(C)C)c(C)c1C(=O)N(C=O)c1ccc(Cl)c(C(F)(F)F)c1. The van der Waals surface area contributed by atoms with Crippen LogP contribution in [0.15, 0.2) is 30.3 Å². The Bertz CT molecular complexity index is 980. The van der Waals surface area contributed by atoms with Gasteiger partial charge in [0.25, 0.3) is 5.91 Å². The highest BCUT2D eigenvalue weighted by Gasteiger charge is 2.34. The minimum atomic E-state index is -4.75. The molecular weight excluding hydrogens is 449 g/mol. The number of carbonyl (C=O) groups excluding carboxylic acids is 2. The van der Waals surface area contributed by atoms with Crippen molar-refractivity contribution in [2.75, 3.05) is 38.8 Å². The first kappa shape index (κ1) is 25.5. The first-order chi connectivity index (χ1) is 15.0. The average Bonchev–Trinajstić information content (AvgIpc) is 2.70. The topological polar surface area (TPSA) is 59.1 Å². The summed E-state index contributed by atoms with van der Waals surface area (Å²) in [4.78, 5) is 27.6. The molecule has 0 unspecified atom stereocenters. The summed E-state index contributed by atoms with van der Waals surface area (Å²) in [6.07, 6.45) is -4.60. The van der Waals surface area contributed by atoms with Crippen molar-refractivity contribution in [1.29, 1.82) is 0 Å². The highest BCUT2D eigenvalue weighted by atomic mass is 35.5. The fraction of sp³-hybridized carbons (Fsp3) is 0.364. The molecule has 0 atom stereocenters. The lowest BCUT2D eigenvalue weighted by Crippen LogP contribution is -2.31. The van der Waals surface area contributed by atoms with Crippen LogP contribution in [-0.4, -0.2) is 51.1 Å². The summed E-state index contributed by atoms with van der Waals surface area (Å²) in [6, 6.07) is 5.97. The van der Waals surface area contributed by atoms with E-state index in [1.165, 1.54) is 6.07 Å². The first-order valence-electron chi connectivity index (χ1n) is 9.70. The molecule has 10 heteroatoms. The second kappa shape index (κ2) is 10.7. The van der Waals surface area contributed by atoms with E-state index in [9.17, 15) is 22.8 Å². The van der Waals surface area contributed by atoms with Crippen LogP contribution in [0.4, 0.5) is 18.9 Å². The Morgan fingerprint density at radius 1 is 1.12 bits per heavy atom. The predicted octanol–water partition coefficient (Wildman–Crippen LogP) is 4.81. The number of carbonyl (C=O) groups is 2. The molecule has 174 valence electrons. The number of hydrogen-bond donors (Lipinski definition) is 0. The average molecular weight is 473 g/mol. The van der Waals surface area contributed by atoms with E-state index in [4.69, 9.17) is 21.1 Å². The highest BCUT2D eigenvalue weighted by Crippen LogP contribution is 2.38. The third kappa shape index (κ3) is 5.92. The molecule has 0 fully saturated rings. The smallest absolute Gasteiger partial charge is 0.417 e. The van der Waals surface area contributed by atoms with Gasteiger partial charge in [-0.15, -0.1) is 0 Å². The van der Waals surface area contributed by atoms with Crippen LogP contribution in [-0.2, 0) is 11.0 Å². The van der Waals surface area contributed by atoms with E-state index < -0.39 is 22.7 Å². The molecule has 0 heterocycles. The van der Waals surface area contributed by atoms with Gasteiger partial charge in [-0.05, 0) is 58.3 Å². The maximum Gasteiger partial charge on any atom is 0.417 e. The van der Waals surface area contributed by atoms with Gasteiger partial charge in [0.2, 0.25) is 6.41 Å². The summed E-state index contributed by atoms with van der Waals surface area (Å²) in [6.45, 7) is 4.55. The van der Waals surface area contributed by atoms with Gasteiger partial charge in [-0.1, -0.05) is 11.6 Å². The molecular formula is C22H24ClF3N2O4. The van der Waals surface area contributed by atoms with Gasteiger partial charge >= 0.3 is 6.18 Å².